The lowest BCUT2D eigenvalue weighted by Gasteiger charge is -2.28. The van der Waals surface area contributed by atoms with Crippen molar-refractivity contribution in [2.45, 2.75) is 26.2 Å². The molecule has 162 valence electrons. The summed E-state index contributed by atoms with van der Waals surface area (Å²) in [4.78, 5) is 36.0. The molecule has 1 fully saturated rings. The number of nitro benzene ring substituents is 2. The number of thiocarbonyl (C=S) groups is 1. The van der Waals surface area contributed by atoms with Gasteiger partial charge in [-0.15, -0.1) is 0 Å². The van der Waals surface area contributed by atoms with E-state index in [1.165, 1.54) is 30.3 Å². The van der Waals surface area contributed by atoms with Crippen molar-refractivity contribution in [2.75, 3.05) is 23.3 Å². The van der Waals surface area contributed by atoms with Gasteiger partial charge in [0.05, 0.1) is 9.85 Å². The van der Waals surface area contributed by atoms with Crippen LogP contribution in [0.4, 0.5) is 22.7 Å². The molecule has 0 aliphatic carbocycles. The van der Waals surface area contributed by atoms with Crippen LogP contribution in [-0.2, 0) is 0 Å². The third-order valence-electron chi connectivity index (χ3n) is 5.03. The Bertz CT molecular complexity index is 1050. The van der Waals surface area contributed by atoms with Crippen LogP contribution in [0.1, 0.15) is 35.2 Å². The van der Waals surface area contributed by atoms with Gasteiger partial charge in [0, 0.05) is 42.5 Å². The summed E-state index contributed by atoms with van der Waals surface area (Å²) in [6, 6.07) is 8.57. The van der Waals surface area contributed by atoms with Crippen molar-refractivity contribution < 1.29 is 14.6 Å². The van der Waals surface area contributed by atoms with Crippen molar-refractivity contribution in [3.05, 3.63) is 67.8 Å². The highest BCUT2D eigenvalue weighted by atomic mass is 32.1. The molecule has 2 aromatic carbocycles. The average Bonchev–Trinajstić information content (AvgIpc) is 2.75. The van der Waals surface area contributed by atoms with E-state index in [1.807, 2.05) is 4.90 Å². The fourth-order valence-electron chi connectivity index (χ4n) is 3.44. The molecule has 0 unspecified atom stereocenters. The predicted molar refractivity (Wildman–Crippen MR) is 121 cm³/mol. The third kappa shape index (κ3) is 5.31. The molecule has 3 rings (SSSR count). The Labute approximate surface area is 183 Å². The zero-order valence-corrected chi connectivity index (χ0v) is 17.6. The molecule has 10 nitrogen and oxygen atoms in total. The summed E-state index contributed by atoms with van der Waals surface area (Å²) in [6.45, 7) is 3.16. The van der Waals surface area contributed by atoms with E-state index < -0.39 is 15.8 Å². The first-order chi connectivity index (χ1) is 14.8. The molecule has 0 bridgehead atoms. The van der Waals surface area contributed by atoms with Gasteiger partial charge in [-0.3, -0.25) is 30.3 Å². The van der Waals surface area contributed by atoms with Crippen molar-refractivity contribution in [1.82, 2.24) is 5.32 Å². The van der Waals surface area contributed by atoms with Crippen molar-refractivity contribution in [3.8, 4) is 0 Å². The maximum Gasteiger partial charge on any atom is 0.293 e. The number of hydrogen-bond donors (Lipinski definition) is 2. The first kappa shape index (κ1) is 22.1. The molecule has 1 heterocycles. The average molecular weight is 443 g/mol. The summed E-state index contributed by atoms with van der Waals surface area (Å²) in [5.41, 5.74) is 1.51. The maximum atomic E-state index is 12.6. The zero-order valence-electron chi connectivity index (χ0n) is 16.8. The number of non-ortho nitro benzene ring substituents is 1. The maximum absolute atomic E-state index is 12.6. The lowest BCUT2D eigenvalue weighted by molar-refractivity contribution is -0.384. The first-order valence-electron chi connectivity index (χ1n) is 9.67. The minimum absolute atomic E-state index is 0.0234. The van der Waals surface area contributed by atoms with Gasteiger partial charge in [0.25, 0.3) is 17.3 Å². The van der Waals surface area contributed by atoms with Gasteiger partial charge in [0.1, 0.15) is 5.69 Å². The number of amides is 1. The SMILES string of the molecule is Cc1cc([N+](=O)[O-])ccc1NC(=S)NC(=O)c1ccc(N2CCCCC2)c([N+](=O)[O-])c1. The number of nitro groups is 2. The Kier molecular flexibility index (Phi) is 6.75. The number of carbonyl (C=O) groups excluding carboxylic acids is 1. The van der Waals surface area contributed by atoms with E-state index in [2.05, 4.69) is 10.6 Å². The molecule has 1 amide bonds. The molecule has 11 heteroatoms. The van der Waals surface area contributed by atoms with Gasteiger partial charge in [-0.1, -0.05) is 0 Å². The van der Waals surface area contributed by atoms with Crippen LogP contribution in [0.3, 0.4) is 0 Å². The zero-order chi connectivity index (χ0) is 22.5. The van der Waals surface area contributed by atoms with Crippen LogP contribution in [0.2, 0.25) is 0 Å². The van der Waals surface area contributed by atoms with Gasteiger partial charge in [0.2, 0.25) is 0 Å². The lowest BCUT2D eigenvalue weighted by atomic mass is 10.1. The second kappa shape index (κ2) is 9.47. The molecule has 1 aliphatic rings. The molecule has 0 atom stereocenters. The molecule has 0 radical (unpaired) electrons. The molecule has 2 aromatic rings. The number of aryl methyl sites for hydroxylation is 1. The Balaban J connectivity index is 1.72. The normalized spacial score (nSPS) is 13.4. The third-order valence-corrected chi connectivity index (χ3v) is 5.23. The van der Waals surface area contributed by atoms with Gasteiger partial charge in [-0.05, 0) is 62.2 Å². The molecule has 0 spiro atoms. The highest BCUT2D eigenvalue weighted by molar-refractivity contribution is 7.80. The minimum atomic E-state index is -0.592. The number of anilines is 2. The van der Waals surface area contributed by atoms with Crippen LogP contribution in [0, 0.1) is 27.2 Å². The van der Waals surface area contributed by atoms with Crippen molar-refractivity contribution in [1.29, 1.82) is 0 Å². The van der Waals surface area contributed by atoms with E-state index in [0.29, 0.717) is 16.9 Å². The monoisotopic (exact) mass is 443 g/mol. The molecule has 1 saturated heterocycles. The van der Waals surface area contributed by atoms with Gasteiger partial charge in [0.15, 0.2) is 5.11 Å². The van der Waals surface area contributed by atoms with Crippen LogP contribution in [0.5, 0.6) is 0 Å². The smallest absolute Gasteiger partial charge is 0.293 e. The van der Waals surface area contributed by atoms with Crippen LogP contribution < -0.4 is 15.5 Å². The Morgan fingerprint density at radius 3 is 2.35 bits per heavy atom. The van der Waals surface area contributed by atoms with Crippen LogP contribution in [0.15, 0.2) is 36.4 Å². The highest BCUT2D eigenvalue weighted by Crippen LogP contribution is 2.31. The van der Waals surface area contributed by atoms with E-state index in [4.69, 9.17) is 12.2 Å². The van der Waals surface area contributed by atoms with Crippen LogP contribution >= 0.6 is 12.2 Å². The Morgan fingerprint density at radius 2 is 1.74 bits per heavy atom. The molecule has 2 N–H and O–H groups in total. The number of carbonyl (C=O) groups is 1. The minimum Gasteiger partial charge on any atom is -0.366 e. The number of hydrogen-bond acceptors (Lipinski definition) is 7. The van der Waals surface area contributed by atoms with Gasteiger partial charge < -0.3 is 10.2 Å². The second-order valence-electron chi connectivity index (χ2n) is 7.17. The Hall–Kier alpha value is -3.60. The summed E-state index contributed by atoms with van der Waals surface area (Å²) >= 11 is 5.15. The molecule has 0 saturated carbocycles. The summed E-state index contributed by atoms with van der Waals surface area (Å²) in [5.74, 6) is -0.592. The van der Waals surface area contributed by atoms with E-state index in [1.54, 1.807) is 13.0 Å². The number of rotatable bonds is 5. The van der Waals surface area contributed by atoms with Crippen molar-refractivity contribution in [2.24, 2.45) is 0 Å². The lowest BCUT2D eigenvalue weighted by Crippen LogP contribution is -2.34. The standard InChI is InChI=1S/C20H21N5O5S/c1-13-11-15(24(27)28)6-7-16(13)21-20(31)22-19(26)14-5-8-17(18(12-14)25(29)30)23-9-3-2-4-10-23/h5-8,11-12H,2-4,9-10H2,1H3,(H2,21,22,26,31). The van der Waals surface area contributed by atoms with Crippen LogP contribution in [-0.4, -0.2) is 34.0 Å². The number of nitrogens with zero attached hydrogens (tertiary/aromatic N) is 3. The number of nitrogens with one attached hydrogen (secondary N) is 2. The largest absolute Gasteiger partial charge is 0.366 e. The fourth-order valence-corrected chi connectivity index (χ4v) is 3.65. The van der Waals surface area contributed by atoms with E-state index in [0.717, 1.165) is 32.4 Å². The molecule has 0 aromatic heterocycles. The highest BCUT2D eigenvalue weighted by Gasteiger charge is 2.23. The van der Waals surface area contributed by atoms with Crippen molar-refractivity contribution in [3.63, 3.8) is 0 Å². The molecule has 31 heavy (non-hydrogen) atoms. The number of benzene rings is 2. The van der Waals surface area contributed by atoms with Gasteiger partial charge in [-0.2, -0.15) is 0 Å². The Morgan fingerprint density at radius 1 is 1.03 bits per heavy atom. The molecule has 1 aliphatic heterocycles. The predicted octanol–water partition coefficient (Wildman–Crippen LogP) is 3.93. The fraction of sp³-hybridized carbons (Fsp3) is 0.300. The van der Waals surface area contributed by atoms with E-state index in [-0.39, 0.29) is 22.1 Å². The molecular weight excluding hydrogens is 422 g/mol. The summed E-state index contributed by atoms with van der Waals surface area (Å²) in [6.07, 6.45) is 3.05. The number of piperidine rings is 1. The topological polar surface area (TPSA) is 131 Å². The quantitative estimate of drug-likeness (QED) is 0.404. The van der Waals surface area contributed by atoms with E-state index in [9.17, 15) is 25.0 Å². The first-order valence-corrected chi connectivity index (χ1v) is 10.1. The second-order valence-corrected chi connectivity index (χ2v) is 7.58. The van der Waals surface area contributed by atoms with Crippen molar-refractivity contribution >= 4 is 46.0 Å². The van der Waals surface area contributed by atoms with E-state index >= 15 is 0 Å². The molecular formula is C20H21N5O5S. The summed E-state index contributed by atoms with van der Waals surface area (Å²) < 4.78 is 0. The summed E-state index contributed by atoms with van der Waals surface area (Å²) in [7, 11) is 0. The van der Waals surface area contributed by atoms with Crippen LogP contribution in [0.25, 0.3) is 0 Å². The van der Waals surface area contributed by atoms with Gasteiger partial charge >= 0.3 is 0 Å². The van der Waals surface area contributed by atoms with Gasteiger partial charge in [-0.25, -0.2) is 0 Å². The summed E-state index contributed by atoms with van der Waals surface area (Å²) in [5, 5.41) is 27.7.